The third kappa shape index (κ3) is 3.95. The van der Waals surface area contributed by atoms with Gasteiger partial charge in [-0.25, -0.2) is 4.79 Å². The molecule has 0 saturated heterocycles. The minimum absolute atomic E-state index is 0.122. The summed E-state index contributed by atoms with van der Waals surface area (Å²) in [6.45, 7) is 10.9. The standard InChI is InChI=1S/C14H21IO3Si/c1-14(2,3)19(5,6)18-12-9-10(13(16)17-4)7-8-11(12)15/h7-9H,1-6H3. The summed E-state index contributed by atoms with van der Waals surface area (Å²) in [6, 6.07) is 5.41. The third-order valence-electron chi connectivity index (χ3n) is 3.52. The predicted molar refractivity (Wildman–Crippen MR) is 88.3 cm³/mol. The first-order chi connectivity index (χ1) is 8.58. The van der Waals surface area contributed by atoms with Crippen molar-refractivity contribution in [2.24, 2.45) is 0 Å². The van der Waals surface area contributed by atoms with Gasteiger partial charge in [-0.15, -0.1) is 0 Å². The van der Waals surface area contributed by atoms with E-state index in [2.05, 4.69) is 56.5 Å². The number of carbonyl (C=O) groups excluding carboxylic acids is 1. The lowest BCUT2D eigenvalue weighted by atomic mass is 10.2. The highest BCUT2D eigenvalue weighted by Gasteiger charge is 2.39. The van der Waals surface area contributed by atoms with Gasteiger partial charge in [0.1, 0.15) is 5.75 Å². The van der Waals surface area contributed by atoms with Crippen LogP contribution in [0.25, 0.3) is 0 Å². The maximum atomic E-state index is 11.6. The summed E-state index contributed by atoms with van der Waals surface area (Å²) in [4.78, 5) is 11.6. The first-order valence-electron chi connectivity index (χ1n) is 6.15. The molecule has 0 N–H and O–H groups in total. The molecule has 0 atom stereocenters. The van der Waals surface area contributed by atoms with Crippen LogP contribution in [0.5, 0.6) is 5.75 Å². The normalized spacial score (nSPS) is 12.2. The van der Waals surface area contributed by atoms with Gasteiger partial charge in [0.25, 0.3) is 8.32 Å². The second-order valence-electron chi connectivity index (χ2n) is 6.00. The molecule has 1 aromatic carbocycles. The molecule has 3 nitrogen and oxygen atoms in total. The van der Waals surface area contributed by atoms with Gasteiger partial charge in [-0.1, -0.05) is 20.8 Å². The zero-order valence-corrected chi connectivity index (χ0v) is 15.5. The van der Waals surface area contributed by atoms with Gasteiger partial charge >= 0.3 is 5.97 Å². The van der Waals surface area contributed by atoms with Crippen LogP contribution in [0.1, 0.15) is 31.1 Å². The molecule has 1 rings (SSSR count). The zero-order valence-electron chi connectivity index (χ0n) is 12.3. The molecular formula is C14H21IO3Si. The van der Waals surface area contributed by atoms with Crippen molar-refractivity contribution in [3.8, 4) is 5.75 Å². The van der Waals surface area contributed by atoms with E-state index < -0.39 is 8.32 Å². The van der Waals surface area contributed by atoms with Crippen molar-refractivity contribution in [1.29, 1.82) is 0 Å². The molecule has 0 amide bonds. The van der Waals surface area contributed by atoms with Gasteiger partial charge in [0.05, 0.1) is 16.2 Å². The highest BCUT2D eigenvalue weighted by Crippen LogP contribution is 2.38. The lowest BCUT2D eigenvalue weighted by Gasteiger charge is -2.36. The molecule has 19 heavy (non-hydrogen) atoms. The molecule has 106 valence electrons. The second-order valence-corrected chi connectivity index (χ2v) is 11.9. The van der Waals surface area contributed by atoms with E-state index in [1.54, 1.807) is 12.1 Å². The van der Waals surface area contributed by atoms with Crippen LogP contribution >= 0.6 is 22.6 Å². The highest BCUT2D eigenvalue weighted by atomic mass is 127. The van der Waals surface area contributed by atoms with E-state index in [9.17, 15) is 4.79 Å². The maximum Gasteiger partial charge on any atom is 0.337 e. The Morgan fingerprint density at radius 3 is 2.32 bits per heavy atom. The average Bonchev–Trinajstić information content (AvgIpc) is 2.29. The SMILES string of the molecule is COC(=O)c1ccc(I)c(O[Si](C)(C)C(C)(C)C)c1. The number of carbonyl (C=O) groups is 1. The number of hydrogen-bond donors (Lipinski definition) is 0. The van der Waals surface area contributed by atoms with Crippen molar-refractivity contribution in [2.75, 3.05) is 7.11 Å². The number of esters is 1. The summed E-state index contributed by atoms with van der Waals surface area (Å²) >= 11 is 2.23. The number of rotatable bonds is 3. The van der Waals surface area contributed by atoms with Gasteiger partial charge in [0, 0.05) is 0 Å². The molecule has 0 aromatic heterocycles. The van der Waals surface area contributed by atoms with Crippen molar-refractivity contribution in [3.05, 3.63) is 27.3 Å². The maximum absolute atomic E-state index is 11.6. The van der Waals surface area contributed by atoms with Crippen LogP contribution in [0.2, 0.25) is 18.1 Å². The fourth-order valence-electron chi connectivity index (χ4n) is 1.25. The quantitative estimate of drug-likeness (QED) is 0.433. The average molecular weight is 392 g/mol. The summed E-state index contributed by atoms with van der Waals surface area (Å²) in [7, 11) is -0.518. The minimum atomic E-state index is -1.90. The lowest BCUT2D eigenvalue weighted by Crippen LogP contribution is -2.44. The van der Waals surface area contributed by atoms with Crippen molar-refractivity contribution >= 4 is 36.9 Å². The number of halogens is 1. The molecule has 0 spiro atoms. The summed E-state index contributed by atoms with van der Waals surface area (Å²) in [5.41, 5.74) is 0.525. The molecule has 0 bridgehead atoms. The fourth-order valence-corrected chi connectivity index (χ4v) is 2.93. The Labute approximate surface area is 130 Å². The Kier molecular flexibility index (Phi) is 5.06. The van der Waals surface area contributed by atoms with Gasteiger partial charge in [0.2, 0.25) is 0 Å². The van der Waals surface area contributed by atoms with Crippen LogP contribution in [-0.4, -0.2) is 21.4 Å². The molecule has 0 fully saturated rings. The van der Waals surface area contributed by atoms with E-state index in [-0.39, 0.29) is 11.0 Å². The molecule has 0 aliphatic rings. The Morgan fingerprint density at radius 2 is 1.84 bits per heavy atom. The second kappa shape index (κ2) is 5.83. The van der Waals surface area contributed by atoms with Gasteiger partial charge < -0.3 is 9.16 Å². The zero-order chi connectivity index (χ0) is 14.8. The molecule has 5 heteroatoms. The lowest BCUT2D eigenvalue weighted by molar-refractivity contribution is 0.0600. The minimum Gasteiger partial charge on any atom is -0.543 e. The summed E-state index contributed by atoms with van der Waals surface area (Å²) in [5.74, 6) is 0.437. The van der Waals surface area contributed by atoms with E-state index in [4.69, 9.17) is 9.16 Å². The first-order valence-corrected chi connectivity index (χ1v) is 10.1. The van der Waals surface area contributed by atoms with Crippen molar-refractivity contribution in [1.82, 2.24) is 0 Å². The highest BCUT2D eigenvalue weighted by molar-refractivity contribution is 14.1. The summed E-state index contributed by atoms with van der Waals surface area (Å²) < 4.78 is 12.0. The van der Waals surface area contributed by atoms with Crippen molar-refractivity contribution in [3.63, 3.8) is 0 Å². The van der Waals surface area contributed by atoms with Gasteiger partial charge in [-0.3, -0.25) is 0 Å². The van der Waals surface area contributed by atoms with Crippen LogP contribution in [-0.2, 0) is 4.74 Å². The largest absolute Gasteiger partial charge is 0.543 e. The number of ether oxygens (including phenoxy) is 1. The Hall–Kier alpha value is -0.563. The molecular weight excluding hydrogens is 371 g/mol. The van der Waals surface area contributed by atoms with Crippen LogP contribution in [0, 0.1) is 3.57 Å². The third-order valence-corrected chi connectivity index (χ3v) is 8.76. The van der Waals surface area contributed by atoms with Crippen molar-refractivity contribution in [2.45, 2.75) is 38.9 Å². The van der Waals surface area contributed by atoms with E-state index in [1.807, 2.05) is 6.07 Å². The topological polar surface area (TPSA) is 35.5 Å². The van der Waals surface area contributed by atoms with Crippen LogP contribution in [0.3, 0.4) is 0 Å². The van der Waals surface area contributed by atoms with E-state index >= 15 is 0 Å². The molecule has 1 aromatic rings. The van der Waals surface area contributed by atoms with Crippen molar-refractivity contribution < 1.29 is 14.0 Å². The number of benzene rings is 1. The molecule has 0 saturated carbocycles. The van der Waals surface area contributed by atoms with Crippen LogP contribution in [0.4, 0.5) is 0 Å². The van der Waals surface area contributed by atoms with Crippen LogP contribution in [0.15, 0.2) is 18.2 Å². The first kappa shape index (κ1) is 16.5. The Balaban J connectivity index is 3.11. The molecule has 0 aliphatic carbocycles. The summed E-state index contributed by atoms with van der Waals surface area (Å²) in [6.07, 6.45) is 0. The van der Waals surface area contributed by atoms with Gasteiger partial charge in [-0.05, 0) is 58.9 Å². The van der Waals surface area contributed by atoms with Gasteiger partial charge in [0.15, 0.2) is 0 Å². The van der Waals surface area contributed by atoms with E-state index in [0.717, 1.165) is 9.32 Å². The smallest absolute Gasteiger partial charge is 0.337 e. The van der Waals surface area contributed by atoms with E-state index in [0.29, 0.717) is 5.56 Å². The number of hydrogen-bond acceptors (Lipinski definition) is 3. The monoisotopic (exact) mass is 392 g/mol. The van der Waals surface area contributed by atoms with Gasteiger partial charge in [-0.2, -0.15) is 0 Å². The molecule has 0 aliphatic heterocycles. The van der Waals surface area contributed by atoms with Crippen LogP contribution < -0.4 is 4.43 Å². The van der Waals surface area contributed by atoms with E-state index in [1.165, 1.54) is 7.11 Å². The molecule has 0 heterocycles. The number of methoxy groups -OCH3 is 1. The Bertz CT molecular complexity index is 478. The molecule has 0 radical (unpaired) electrons. The summed E-state index contributed by atoms with van der Waals surface area (Å²) in [5, 5.41) is 0.122. The Morgan fingerprint density at radius 1 is 1.26 bits per heavy atom. The molecule has 0 unspecified atom stereocenters. The predicted octanol–water partition coefficient (Wildman–Crippen LogP) is 4.46. The fraction of sp³-hybridized carbons (Fsp3) is 0.500.